The summed E-state index contributed by atoms with van der Waals surface area (Å²) in [5.41, 5.74) is -1.19. The fraction of sp³-hybridized carbons (Fsp3) is 0.727. The standard InChI is InChI=1S/C11H14F3N3O4/c12-11(13,14)6-21-4-7(18)17-3-1-2-10(5-17)8(19)15-9(20)16-10/h1-6H2,(H2,15,16,19,20). The minimum absolute atomic E-state index is 0.0707. The maximum absolute atomic E-state index is 11.9. The van der Waals surface area contributed by atoms with Crippen LogP contribution in [0.15, 0.2) is 0 Å². The SMILES string of the molecule is O=C1NC(=O)C2(CCCN(C(=O)COCC(F)(F)F)C2)N1. The minimum Gasteiger partial charge on any atom is -0.362 e. The average Bonchev–Trinajstić information content (AvgIpc) is 2.62. The topological polar surface area (TPSA) is 87.7 Å². The molecule has 0 aromatic carbocycles. The Bertz CT molecular complexity index is 468. The van der Waals surface area contributed by atoms with Crippen molar-refractivity contribution in [3.05, 3.63) is 0 Å². The van der Waals surface area contributed by atoms with Crippen molar-refractivity contribution in [1.29, 1.82) is 0 Å². The molecule has 2 N–H and O–H groups in total. The molecule has 0 aliphatic carbocycles. The normalized spacial score (nSPS) is 26.0. The Morgan fingerprint density at radius 1 is 1.38 bits per heavy atom. The highest BCUT2D eigenvalue weighted by Crippen LogP contribution is 2.24. The van der Waals surface area contributed by atoms with Crippen molar-refractivity contribution in [2.24, 2.45) is 0 Å². The summed E-state index contributed by atoms with van der Waals surface area (Å²) in [4.78, 5) is 36.0. The molecule has 0 saturated carbocycles. The highest BCUT2D eigenvalue weighted by atomic mass is 19.4. The summed E-state index contributed by atoms with van der Waals surface area (Å²) in [6.45, 7) is -1.99. The average molecular weight is 309 g/mol. The van der Waals surface area contributed by atoms with Crippen molar-refractivity contribution in [3.63, 3.8) is 0 Å². The maximum Gasteiger partial charge on any atom is 0.411 e. The molecule has 1 unspecified atom stereocenters. The van der Waals surface area contributed by atoms with E-state index >= 15 is 0 Å². The second kappa shape index (κ2) is 5.51. The van der Waals surface area contributed by atoms with Crippen LogP contribution in [0.4, 0.5) is 18.0 Å². The van der Waals surface area contributed by atoms with E-state index in [0.717, 1.165) is 0 Å². The lowest BCUT2D eigenvalue weighted by Gasteiger charge is -2.37. The first-order valence-electron chi connectivity index (χ1n) is 6.28. The van der Waals surface area contributed by atoms with Gasteiger partial charge in [-0.05, 0) is 12.8 Å². The van der Waals surface area contributed by atoms with Gasteiger partial charge in [0, 0.05) is 6.54 Å². The van der Waals surface area contributed by atoms with Crippen molar-refractivity contribution in [2.45, 2.75) is 24.6 Å². The monoisotopic (exact) mass is 309 g/mol. The number of hydrogen-bond acceptors (Lipinski definition) is 4. The molecule has 21 heavy (non-hydrogen) atoms. The van der Waals surface area contributed by atoms with Crippen molar-refractivity contribution in [2.75, 3.05) is 26.3 Å². The first-order chi connectivity index (χ1) is 9.72. The minimum atomic E-state index is -4.50. The van der Waals surface area contributed by atoms with Crippen molar-refractivity contribution in [3.8, 4) is 0 Å². The highest BCUT2D eigenvalue weighted by molar-refractivity contribution is 6.07. The first-order valence-corrected chi connectivity index (χ1v) is 6.28. The Balaban J connectivity index is 1.90. The number of carbonyl (C=O) groups is 3. The fourth-order valence-electron chi connectivity index (χ4n) is 2.43. The van der Waals surface area contributed by atoms with Crippen LogP contribution < -0.4 is 10.6 Å². The molecule has 118 valence electrons. The molecule has 2 aliphatic rings. The van der Waals surface area contributed by atoms with Crippen LogP contribution in [0.5, 0.6) is 0 Å². The number of amides is 4. The summed E-state index contributed by atoms with van der Waals surface area (Å²) in [5, 5.41) is 4.56. The van der Waals surface area contributed by atoms with Crippen LogP contribution in [0.2, 0.25) is 0 Å². The Kier molecular flexibility index (Phi) is 4.08. The maximum atomic E-state index is 11.9. The first kappa shape index (κ1) is 15.5. The molecule has 7 nitrogen and oxygen atoms in total. The number of carbonyl (C=O) groups excluding carboxylic acids is 3. The number of nitrogens with one attached hydrogen (secondary N) is 2. The largest absolute Gasteiger partial charge is 0.411 e. The number of piperidine rings is 1. The van der Waals surface area contributed by atoms with E-state index in [9.17, 15) is 27.6 Å². The number of urea groups is 1. The number of nitrogens with zero attached hydrogens (tertiary/aromatic N) is 1. The predicted molar refractivity (Wildman–Crippen MR) is 62.1 cm³/mol. The van der Waals surface area contributed by atoms with E-state index in [4.69, 9.17) is 0 Å². The van der Waals surface area contributed by atoms with Crippen LogP contribution in [0.3, 0.4) is 0 Å². The van der Waals surface area contributed by atoms with E-state index in [1.807, 2.05) is 0 Å². The van der Waals surface area contributed by atoms with Crippen LogP contribution in [0.25, 0.3) is 0 Å². The lowest BCUT2D eigenvalue weighted by atomic mass is 9.89. The number of alkyl halides is 3. The van der Waals surface area contributed by atoms with E-state index in [2.05, 4.69) is 15.4 Å². The third kappa shape index (κ3) is 3.63. The van der Waals surface area contributed by atoms with Gasteiger partial charge in [-0.3, -0.25) is 14.9 Å². The van der Waals surface area contributed by atoms with Gasteiger partial charge in [0.1, 0.15) is 18.8 Å². The van der Waals surface area contributed by atoms with Gasteiger partial charge in [0.2, 0.25) is 5.91 Å². The third-order valence-electron chi connectivity index (χ3n) is 3.35. The van der Waals surface area contributed by atoms with Gasteiger partial charge in [0.15, 0.2) is 0 Å². The van der Waals surface area contributed by atoms with E-state index in [0.29, 0.717) is 19.4 Å². The van der Waals surface area contributed by atoms with Gasteiger partial charge in [-0.1, -0.05) is 0 Å². The lowest BCUT2D eigenvalue weighted by molar-refractivity contribution is -0.178. The van der Waals surface area contributed by atoms with Gasteiger partial charge >= 0.3 is 12.2 Å². The summed E-state index contributed by atoms with van der Waals surface area (Å²) >= 11 is 0. The molecule has 2 saturated heterocycles. The molecule has 2 heterocycles. The second-order valence-corrected chi connectivity index (χ2v) is 5.02. The third-order valence-corrected chi connectivity index (χ3v) is 3.35. The number of rotatable bonds is 3. The van der Waals surface area contributed by atoms with Gasteiger partial charge < -0.3 is 15.0 Å². The van der Waals surface area contributed by atoms with Crippen LogP contribution >= 0.6 is 0 Å². The molecule has 2 fully saturated rings. The van der Waals surface area contributed by atoms with Gasteiger partial charge in [0.25, 0.3) is 5.91 Å². The predicted octanol–water partition coefficient (Wildman–Crippen LogP) is -0.234. The molecule has 2 aliphatic heterocycles. The highest BCUT2D eigenvalue weighted by Gasteiger charge is 2.49. The summed E-state index contributed by atoms with van der Waals surface area (Å²) in [6.07, 6.45) is -3.67. The summed E-state index contributed by atoms with van der Waals surface area (Å²) in [5.74, 6) is -1.17. The number of imide groups is 1. The zero-order valence-corrected chi connectivity index (χ0v) is 11.0. The quantitative estimate of drug-likeness (QED) is 0.705. The zero-order chi connectivity index (χ0) is 15.7. The molecule has 1 spiro atoms. The fourth-order valence-corrected chi connectivity index (χ4v) is 2.43. The van der Waals surface area contributed by atoms with Crippen LogP contribution in [0.1, 0.15) is 12.8 Å². The van der Waals surface area contributed by atoms with Crippen molar-refractivity contribution >= 4 is 17.8 Å². The van der Waals surface area contributed by atoms with Gasteiger partial charge in [-0.15, -0.1) is 0 Å². The number of likely N-dealkylation sites (tertiary alicyclic amines) is 1. The molecule has 10 heteroatoms. The number of hydrogen-bond donors (Lipinski definition) is 2. The van der Waals surface area contributed by atoms with Crippen molar-refractivity contribution < 1.29 is 32.3 Å². The van der Waals surface area contributed by atoms with E-state index in [1.54, 1.807) is 0 Å². The van der Waals surface area contributed by atoms with Crippen LogP contribution in [0, 0.1) is 0 Å². The van der Waals surface area contributed by atoms with Crippen LogP contribution in [-0.2, 0) is 14.3 Å². The van der Waals surface area contributed by atoms with Crippen LogP contribution in [-0.4, -0.2) is 60.8 Å². The Morgan fingerprint density at radius 2 is 2.10 bits per heavy atom. The second-order valence-electron chi connectivity index (χ2n) is 5.02. The molecule has 1 atom stereocenters. The molecule has 0 radical (unpaired) electrons. The Labute approximate surface area is 117 Å². The Morgan fingerprint density at radius 3 is 2.67 bits per heavy atom. The van der Waals surface area contributed by atoms with E-state index in [-0.39, 0.29) is 6.54 Å². The summed E-state index contributed by atoms with van der Waals surface area (Å²) in [6, 6.07) is -0.636. The zero-order valence-electron chi connectivity index (χ0n) is 11.0. The van der Waals surface area contributed by atoms with Crippen molar-refractivity contribution in [1.82, 2.24) is 15.5 Å². The summed E-state index contributed by atoms with van der Waals surface area (Å²) in [7, 11) is 0. The lowest BCUT2D eigenvalue weighted by Crippen LogP contribution is -2.60. The molecule has 0 aromatic heterocycles. The van der Waals surface area contributed by atoms with Gasteiger partial charge in [-0.25, -0.2) is 4.79 Å². The molecular formula is C11H14F3N3O4. The molecule has 4 amide bonds. The Hall–Kier alpha value is -1.84. The van der Waals surface area contributed by atoms with E-state index < -0.39 is 42.8 Å². The molecule has 2 rings (SSSR count). The smallest absolute Gasteiger partial charge is 0.362 e. The summed E-state index contributed by atoms with van der Waals surface area (Å²) < 4.78 is 40.1. The van der Waals surface area contributed by atoms with Gasteiger partial charge in [0.05, 0.1) is 6.54 Å². The molecule has 0 bridgehead atoms. The molecule has 0 aromatic rings. The number of halogens is 3. The number of ether oxygens (including phenoxy) is 1. The van der Waals surface area contributed by atoms with Gasteiger partial charge in [-0.2, -0.15) is 13.2 Å². The molecular weight excluding hydrogens is 295 g/mol. The van der Waals surface area contributed by atoms with E-state index in [1.165, 1.54) is 4.90 Å².